The fraction of sp³-hybridized carbons (Fsp3) is 0.417. The summed E-state index contributed by atoms with van der Waals surface area (Å²) in [6, 6.07) is 2.74. The lowest BCUT2D eigenvalue weighted by Gasteiger charge is -2.15. The quantitative estimate of drug-likeness (QED) is 0.802. The van der Waals surface area contributed by atoms with E-state index in [9.17, 15) is 13.6 Å². The van der Waals surface area contributed by atoms with Crippen LogP contribution in [-0.2, 0) is 4.79 Å². The number of benzene rings is 1. The maximum Gasteiger partial charge on any atom is 0.387 e. The van der Waals surface area contributed by atoms with Gasteiger partial charge in [0.05, 0.1) is 10.2 Å². The first kappa shape index (κ1) is 17.1. The van der Waals surface area contributed by atoms with Crippen LogP contribution in [0.25, 0.3) is 0 Å². The van der Waals surface area contributed by atoms with Crippen molar-refractivity contribution >= 4 is 39.1 Å². The van der Waals surface area contributed by atoms with Gasteiger partial charge in [-0.05, 0) is 40.5 Å². The van der Waals surface area contributed by atoms with E-state index in [2.05, 4.69) is 26.0 Å². The maximum absolute atomic E-state index is 12.4. The summed E-state index contributed by atoms with van der Waals surface area (Å²) in [6.45, 7) is -0.844. The average Bonchev–Trinajstić information content (AvgIpc) is 2.32. The largest absolute Gasteiger partial charge is 0.431 e. The van der Waals surface area contributed by atoms with Gasteiger partial charge >= 0.3 is 6.61 Å². The van der Waals surface area contributed by atoms with Crippen molar-refractivity contribution < 1.29 is 18.3 Å². The highest BCUT2D eigenvalue weighted by Crippen LogP contribution is 2.37. The van der Waals surface area contributed by atoms with E-state index in [0.29, 0.717) is 6.54 Å². The van der Waals surface area contributed by atoms with Crippen LogP contribution in [0, 0.1) is 5.92 Å². The highest BCUT2D eigenvalue weighted by molar-refractivity contribution is 9.10. The van der Waals surface area contributed by atoms with Crippen molar-refractivity contribution in [3.05, 3.63) is 21.6 Å². The molecule has 8 heteroatoms. The van der Waals surface area contributed by atoms with Crippen LogP contribution in [-0.4, -0.2) is 19.1 Å². The van der Waals surface area contributed by atoms with Crippen LogP contribution in [0.2, 0.25) is 5.02 Å². The third kappa shape index (κ3) is 5.22. The van der Waals surface area contributed by atoms with Gasteiger partial charge in [-0.2, -0.15) is 8.78 Å². The van der Waals surface area contributed by atoms with Crippen LogP contribution < -0.4 is 15.8 Å². The molecule has 1 rings (SSSR count). The molecule has 0 saturated carbocycles. The highest BCUT2D eigenvalue weighted by atomic mass is 79.9. The summed E-state index contributed by atoms with van der Waals surface area (Å²) in [5.74, 6) is -0.536. The molecule has 0 fully saturated rings. The first-order chi connectivity index (χ1) is 9.33. The standard InChI is InChI=1S/C12H14BrClF2N2O2/c1-6(5-17)2-10(19)18-9-4-7(14)3-8(13)11(9)20-12(15)16/h3-4,6,12H,2,5,17H2,1H3,(H,18,19). The van der Waals surface area contributed by atoms with Crippen molar-refractivity contribution in [1.29, 1.82) is 0 Å². The minimum atomic E-state index is -3.01. The molecule has 3 N–H and O–H groups in total. The number of alkyl halides is 2. The summed E-state index contributed by atoms with van der Waals surface area (Å²) in [4.78, 5) is 11.8. The molecule has 20 heavy (non-hydrogen) atoms. The summed E-state index contributed by atoms with van der Waals surface area (Å²) < 4.78 is 29.4. The van der Waals surface area contributed by atoms with E-state index in [-0.39, 0.29) is 39.2 Å². The van der Waals surface area contributed by atoms with Crippen molar-refractivity contribution in [2.24, 2.45) is 11.7 Å². The van der Waals surface area contributed by atoms with E-state index < -0.39 is 6.61 Å². The van der Waals surface area contributed by atoms with Gasteiger partial charge in [0, 0.05) is 11.4 Å². The van der Waals surface area contributed by atoms with Gasteiger partial charge in [-0.25, -0.2) is 0 Å². The Morgan fingerprint density at radius 1 is 1.55 bits per heavy atom. The Kier molecular flexibility index (Phi) is 6.64. The highest BCUT2D eigenvalue weighted by Gasteiger charge is 2.17. The monoisotopic (exact) mass is 370 g/mol. The zero-order chi connectivity index (χ0) is 15.3. The third-order valence-corrected chi connectivity index (χ3v) is 3.23. The van der Waals surface area contributed by atoms with Crippen molar-refractivity contribution in [3.8, 4) is 5.75 Å². The molecule has 0 bridgehead atoms. The summed E-state index contributed by atoms with van der Waals surface area (Å²) in [5.41, 5.74) is 5.51. The normalized spacial score (nSPS) is 12.3. The minimum Gasteiger partial charge on any atom is -0.431 e. The second-order valence-corrected chi connectivity index (χ2v) is 5.53. The predicted octanol–water partition coefficient (Wildman–Crippen LogP) is 3.63. The van der Waals surface area contributed by atoms with Crippen LogP contribution in [0.5, 0.6) is 5.75 Å². The topological polar surface area (TPSA) is 64.4 Å². The fourth-order valence-electron chi connectivity index (χ4n) is 1.46. The minimum absolute atomic E-state index is 0.0166. The number of hydrogen-bond donors (Lipinski definition) is 2. The molecule has 1 atom stereocenters. The van der Waals surface area contributed by atoms with Crippen LogP contribution in [0.15, 0.2) is 16.6 Å². The van der Waals surface area contributed by atoms with Crippen molar-refractivity contribution in [3.63, 3.8) is 0 Å². The Morgan fingerprint density at radius 2 is 2.20 bits per heavy atom. The number of anilines is 1. The van der Waals surface area contributed by atoms with Gasteiger partial charge in [0.1, 0.15) is 0 Å². The smallest absolute Gasteiger partial charge is 0.387 e. The van der Waals surface area contributed by atoms with Crippen LogP contribution in [0.4, 0.5) is 14.5 Å². The lowest BCUT2D eigenvalue weighted by molar-refractivity contribution is -0.117. The summed E-state index contributed by atoms with van der Waals surface area (Å²) in [6.07, 6.45) is 0.175. The Bertz CT molecular complexity index is 489. The first-order valence-corrected chi connectivity index (χ1v) is 6.94. The number of ether oxygens (including phenoxy) is 1. The van der Waals surface area contributed by atoms with Crippen LogP contribution in [0.1, 0.15) is 13.3 Å². The van der Waals surface area contributed by atoms with Gasteiger partial charge in [-0.3, -0.25) is 4.79 Å². The summed E-state index contributed by atoms with van der Waals surface area (Å²) in [5, 5.41) is 2.77. The average molecular weight is 372 g/mol. The fourth-order valence-corrected chi connectivity index (χ4v) is 2.37. The molecular formula is C12H14BrClF2N2O2. The Hall–Kier alpha value is -0.920. The van der Waals surface area contributed by atoms with Crippen molar-refractivity contribution in [1.82, 2.24) is 0 Å². The molecule has 112 valence electrons. The zero-order valence-electron chi connectivity index (χ0n) is 10.6. The zero-order valence-corrected chi connectivity index (χ0v) is 13.0. The number of nitrogens with one attached hydrogen (secondary N) is 1. The number of nitrogens with two attached hydrogens (primary N) is 1. The molecule has 1 unspecified atom stereocenters. The molecule has 0 saturated heterocycles. The number of amides is 1. The number of halogens is 4. The van der Waals surface area contributed by atoms with Gasteiger partial charge < -0.3 is 15.8 Å². The van der Waals surface area contributed by atoms with E-state index in [1.165, 1.54) is 12.1 Å². The Labute approximate surface area is 128 Å². The molecule has 0 spiro atoms. The lowest BCUT2D eigenvalue weighted by Crippen LogP contribution is -2.20. The molecule has 4 nitrogen and oxygen atoms in total. The van der Waals surface area contributed by atoms with Gasteiger partial charge in [0.2, 0.25) is 5.91 Å². The molecular weight excluding hydrogens is 357 g/mol. The van der Waals surface area contributed by atoms with Gasteiger partial charge in [0.15, 0.2) is 5.75 Å². The SMILES string of the molecule is CC(CN)CC(=O)Nc1cc(Cl)cc(Br)c1OC(F)F. The molecule has 0 aliphatic rings. The van der Waals surface area contributed by atoms with E-state index in [1.807, 2.05) is 6.92 Å². The molecule has 0 aromatic heterocycles. The molecule has 0 radical (unpaired) electrons. The molecule has 1 amide bonds. The second-order valence-electron chi connectivity index (χ2n) is 4.24. The van der Waals surface area contributed by atoms with Gasteiger partial charge in [-0.1, -0.05) is 18.5 Å². The number of rotatable bonds is 6. The molecule has 0 heterocycles. The second kappa shape index (κ2) is 7.75. The van der Waals surface area contributed by atoms with E-state index in [0.717, 1.165) is 0 Å². The number of carbonyl (C=O) groups is 1. The summed E-state index contributed by atoms with van der Waals surface area (Å²) >= 11 is 8.90. The number of carbonyl (C=O) groups excluding carboxylic acids is 1. The Morgan fingerprint density at radius 3 is 2.75 bits per heavy atom. The van der Waals surface area contributed by atoms with E-state index in [1.54, 1.807) is 0 Å². The molecule has 0 aliphatic heterocycles. The number of hydrogen-bond acceptors (Lipinski definition) is 3. The molecule has 1 aromatic rings. The lowest BCUT2D eigenvalue weighted by atomic mass is 10.1. The maximum atomic E-state index is 12.4. The first-order valence-electron chi connectivity index (χ1n) is 5.77. The van der Waals surface area contributed by atoms with Gasteiger partial charge in [-0.15, -0.1) is 0 Å². The predicted molar refractivity (Wildman–Crippen MR) is 77.2 cm³/mol. The molecule has 1 aromatic carbocycles. The third-order valence-electron chi connectivity index (χ3n) is 2.43. The van der Waals surface area contributed by atoms with Crippen LogP contribution in [0.3, 0.4) is 0 Å². The Balaban J connectivity index is 2.95. The van der Waals surface area contributed by atoms with E-state index in [4.69, 9.17) is 17.3 Å². The van der Waals surface area contributed by atoms with Gasteiger partial charge in [0.25, 0.3) is 0 Å². The van der Waals surface area contributed by atoms with Crippen molar-refractivity contribution in [2.45, 2.75) is 20.0 Å². The molecule has 0 aliphatic carbocycles. The summed E-state index contributed by atoms with van der Waals surface area (Å²) in [7, 11) is 0. The van der Waals surface area contributed by atoms with E-state index >= 15 is 0 Å². The van der Waals surface area contributed by atoms with Crippen molar-refractivity contribution in [2.75, 3.05) is 11.9 Å². The van der Waals surface area contributed by atoms with Crippen LogP contribution >= 0.6 is 27.5 Å².